The number of pyridine rings is 1. The van der Waals surface area contributed by atoms with Gasteiger partial charge in [0.25, 0.3) is 0 Å². The van der Waals surface area contributed by atoms with E-state index < -0.39 is 0 Å². The molecule has 0 fully saturated rings. The summed E-state index contributed by atoms with van der Waals surface area (Å²) in [5.74, 6) is 3.21. The molecule has 0 aliphatic carbocycles. The van der Waals surface area contributed by atoms with Gasteiger partial charge >= 0.3 is 0 Å². The maximum Gasteiger partial charge on any atom is 0.217 e. The van der Waals surface area contributed by atoms with E-state index in [1.54, 1.807) is 0 Å². The highest BCUT2D eigenvalue weighted by Crippen LogP contribution is 2.30. The van der Waals surface area contributed by atoms with Gasteiger partial charge in [-0.1, -0.05) is 30.3 Å². The SMILES string of the molecule is C1=NCCN1c1nc2ccccc2n1-c1cccc(-n2c(N3C=NCC3)nc3ccccc32)n1. The Bertz CT molecular complexity index is 1480. The third-order valence-corrected chi connectivity index (χ3v) is 6.16. The molecular weight excluding hydrogens is 426 g/mol. The highest BCUT2D eigenvalue weighted by atomic mass is 15.4. The zero-order chi connectivity index (χ0) is 22.5. The Labute approximate surface area is 195 Å². The number of anilines is 2. The second kappa shape index (κ2) is 7.51. The normalized spacial score (nSPS) is 15.4. The molecule has 2 aliphatic rings. The number of imidazole rings is 2. The molecule has 0 radical (unpaired) electrons. The average molecular weight is 448 g/mol. The van der Waals surface area contributed by atoms with Gasteiger partial charge in [-0.05, 0) is 36.4 Å². The zero-order valence-electron chi connectivity index (χ0n) is 18.4. The molecule has 0 N–H and O–H groups in total. The third-order valence-electron chi connectivity index (χ3n) is 6.16. The maximum absolute atomic E-state index is 5.13. The van der Waals surface area contributed by atoms with Gasteiger partial charge in [0.05, 0.1) is 47.8 Å². The van der Waals surface area contributed by atoms with E-state index in [2.05, 4.69) is 41.1 Å². The lowest BCUT2D eigenvalue weighted by Crippen LogP contribution is -2.23. The lowest BCUT2D eigenvalue weighted by Gasteiger charge is -2.18. The number of benzene rings is 2. The summed E-state index contributed by atoms with van der Waals surface area (Å²) in [6, 6.07) is 22.3. The molecule has 9 nitrogen and oxygen atoms in total. The summed E-state index contributed by atoms with van der Waals surface area (Å²) in [4.78, 5) is 27.9. The molecule has 0 amide bonds. The molecule has 0 unspecified atom stereocenters. The predicted molar refractivity (Wildman–Crippen MR) is 135 cm³/mol. The predicted octanol–water partition coefficient (Wildman–Crippen LogP) is 3.46. The van der Waals surface area contributed by atoms with Crippen molar-refractivity contribution in [2.75, 3.05) is 36.0 Å². The standard InChI is InChI=1S/C25H21N9/c1-3-8-20-18(6-1)28-24(31-14-12-26-16-31)33(20)22-10-5-11-23(30-22)34-21-9-4-2-7-19(21)29-25(34)32-15-13-27-17-32/h1-11,16-17H,12-15H2. The van der Waals surface area contributed by atoms with Gasteiger partial charge in [0, 0.05) is 13.1 Å². The first-order chi connectivity index (χ1) is 16.9. The Morgan fingerprint density at radius 1 is 0.529 bits per heavy atom. The number of para-hydroxylation sites is 4. The van der Waals surface area contributed by atoms with Gasteiger partial charge in [-0.2, -0.15) is 0 Å². The summed E-state index contributed by atoms with van der Waals surface area (Å²) in [5, 5.41) is 0. The minimum Gasteiger partial charge on any atom is -0.301 e. The third kappa shape index (κ3) is 2.90. The van der Waals surface area contributed by atoms with Gasteiger partial charge in [0.2, 0.25) is 11.9 Å². The van der Waals surface area contributed by atoms with E-state index in [0.717, 1.165) is 71.8 Å². The van der Waals surface area contributed by atoms with Crippen molar-refractivity contribution in [3.05, 3.63) is 66.7 Å². The lowest BCUT2D eigenvalue weighted by atomic mass is 10.3. The minimum atomic E-state index is 0.762. The van der Waals surface area contributed by atoms with Crippen LogP contribution in [0.15, 0.2) is 76.7 Å². The van der Waals surface area contributed by atoms with Crippen LogP contribution >= 0.6 is 0 Å². The first-order valence-electron chi connectivity index (χ1n) is 11.3. The monoisotopic (exact) mass is 447 g/mol. The van der Waals surface area contributed by atoms with Crippen LogP contribution in [0, 0.1) is 0 Å². The highest BCUT2D eigenvalue weighted by Gasteiger charge is 2.23. The van der Waals surface area contributed by atoms with Crippen LogP contribution in [0.5, 0.6) is 0 Å². The first kappa shape index (κ1) is 19.0. The van der Waals surface area contributed by atoms with E-state index in [9.17, 15) is 0 Å². The number of aromatic nitrogens is 5. The Hall–Kier alpha value is -4.53. The number of hydrogen-bond donors (Lipinski definition) is 0. The van der Waals surface area contributed by atoms with E-state index in [-0.39, 0.29) is 0 Å². The Balaban J connectivity index is 1.45. The molecule has 5 aromatic rings. The summed E-state index contributed by atoms with van der Waals surface area (Å²) in [6.45, 7) is 3.12. The van der Waals surface area contributed by atoms with Crippen molar-refractivity contribution in [3.8, 4) is 11.6 Å². The number of aliphatic imine (C=N–C) groups is 2. The molecule has 0 saturated carbocycles. The molecule has 2 aliphatic heterocycles. The van der Waals surface area contributed by atoms with Crippen molar-refractivity contribution in [2.24, 2.45) is 9.98 Å². The molecular formula is C25H21N9. The van der Waals surface area contributed by atoms with Crippen LogP contribution in [-0.4, -0.2) is 62.9 Å². The van der Waals surface area contributed by atoms with Crippen molar-refractivity contribution in [1.29, 1.82) is 0 Å². The van der Waals surface area contributed by atoms with E-state index in [0.29, 0.717) is 0 Å². The van der Waals surface area contributed by atoms with Crippen LogP contribution in [0.2, 0.25) is 0 Å². The summed E-state index contributed by atoms with van der Waals surface area (Å²) in [5.41, 5.74) is 3.86. The molecule has 5 heterocycles. The summed E-state index contributed by atoms with van der Waals surface area (Å²) < 4.78 is 4.21. The van der Waals surface area contributed by atoms with E-state index in [1.807, 2.05) is 67.3 Å². The Morgan fingerprint density at radius 2 is 1.03 bits per heavy atom. The minimum absolute atomic E-state index is 0.762. The van der Waals surface area contributed by atoms with Crippen LogP contribution in [-0.2, 0) is 0 Å². The van der Waals surface area contributed by atoms with Crippen LogP contribution in [0.4, 0.5) is 11.9 Å². The van der Waals surface area contributed by atoms with Crippen molar-refractivity contribution in [3.63, 3.8) is 0 Å². The van der Waals surface area contributed by atoms with Crippen LogP contribution in [0.3, 0.4) is 0 Å². The molecule has 2 aromatic carbocycles. The van der Waals surface area contributed by atoms with Crippen LogP contribution in [0.1, 0.15) is 0 Å². The summed E-state index contributed by atoms with van der Waals surface area (Å²) in [6.07, 6.45) is 3.71. The largest absolute Gasteiger partial charge is 0.301 e. The van der Waals surface area contributed by atoms with E-state index >= 15 is 0 Å². The van der Waals surface area contributed by atoms with Gasteiger partial charge < -0.3 is 9.80 Å². The maximum atomic E-state index is 5.13. The van der Waals surface area contributed by atoms with Gasteiger partial charge in [-0.25, -0.2) is 15.0 Å². The molecule has 7 rings (SSSR count). The summed E-state index contributed by atoms with van der Waals surface area (Å²) in [7, 11) is 0. The number of hydrogen-bond acceptors (Lipinski definition) is 7. The second-order valence-electron chi connectivity index (χ2n) is 8.26. The van der Waals surface area contributed by atoms with Gasteiger partial charge in [0.15, 0.2) is 0 Å². The number of nitrogens with zero attached hydrogens (tertiary/aromatic N) is 9. The van der Waals surface area contributed by atoms with Gasteiger partial charge in [-0.3, -0.25) is 19.1 Å². The molecule has 0 atom stereocenters. The molecule has 9 heteroatoms. The molecule has 3 aromatic heterocycles. The number of rotatable bonds is 4. The van der Waals surface area contributed by atoms with Crippen LogP contribution in [0.25, 0.3) is 33.7 Å². The van der Waals surface area contributed by atoms with Crippen molar-refractivity contribution in [2.45, 2.75) is 0 Å². The first-order valence-corrected chi connectivity index (χ1v) is 11.3. The number of fused-ring (bicyclic) bond motifs is 2. The zero-order valence-corrected chi connectivity index (χ0v) is 18.4. The topological polar surface area (TPSA) is 79.7 Å². The highest BCUT2D eigenvalue weighted by molar-refractivity contribution is 5.88. The quantitative estimate of drug-likeness (QED) is 0.422. The Morgan fingerprint density at radius 3 is 1.50 bits per heavy atom. The van der Waals surface area contributed by atoms with Gasteiger partial charge in [-0.15, -0.1) is 0 Å². The average Bonchev–Trinajstić information content (AvgIpc) is 3.68. The fourth-order valence-electron chi connectivity index (χ4n) is 4.59. The second-order valence-corrected chi connectivity index (χ2v) is 8.26. The Kier molecular flexibility index (Phi) is 4.20. The lowest BCUT2D eigenvalue weighted by molar-refractivity contribution is 0.905. The van der Waals surface area contributed by atoms with Crippen molar-refractivity contribution >= 4 is 46.6 Å². The van der Waals surface area contributed by atoms with E-state index in [4.69, 9.17) is 15.0 Å². The fraction of sp³-hybridized carbons (Fsp3) is 0.160. The molecule has 166 valence electrons. The van der Waals surface area contributed by atoms with E-state index in [1.165, 1.54) is 0 Å². The van der Waals surface area contributed by atoms with Gasteiger partial charge in [0.1, 0.15) is 11.6 Å². The summed E-state index contributed by atoms with van der Waals surface area (Å²) >= 11 is 0. The molecule has 0 saturated heterocycles. The molecule has 34 heavy (non-hydrogen) atoms. The van der Waals surface area contributed by atoms with Crippen molar-refractivity contribution in [1.82, 2.24) is 24.1 Å². The van der Waals surface area contributed by atoms with Crippen molar-refractivity contribution < 1.29 is 0 Å². The van der Waals surface area contributed by atoms with Crippen LogP contribution < -0.4 is 9.80 Å². The molecule has 0 bridgehead atoms. The molecule has 0 spiro atoms. The smallest absolute Gasteiger partial charge is 0.217 e. The fourth-order valence-corrected chi connectivity index (χ4v) is 4.59.